The summed E-state index contributed by atoms with van der Waals surface area (Å²) < 4.78 is 18.3. The van der Waals surface area contributed by atoms with Crippen LogP contribution in [0.1, 0.15) is 44.5 Å². The van der Waals surface area contributed by atoms with Crippen LogP contribution in [0.3, 0.4) is 0 Å². The number of fused-ring (bicyclic) bond motifs is 16. The number of benzene rings is 20. The number of halogens is 1. The van der Waals surface area contributed by atoms with Crippen LogP contribution in [0, 0.1) is 0 Å². The Kier molecular flexibility index (Phi) is 17.9. The second-order valence-electron chi connectivity index (χ2n) is 31.1. The van der Waals surface area contributed by atoms with Gasteiger partial charge < -0.3 is 18.5 Å². The molecule has 0 saturated carbocycles. The third-order valence-corrected chi connectivity index (χ3v) is 25.4. The van der Waals surface area contributed by atoms with Crippen molar-refractivity contribution < 1.29 is 18.5 Å². The molecule has 0 aliphatic heterocycles. The first-order valence-corrected chi connectivity index (χ1v) is 41.6. The number of furan rings is 2. The summed E-state index contributed by atoms with van der Waals surface area (Å²) in [5, 5.41) is 23.1. The van der Waals surface area contributed by atoms with E-state index >= 15 is 0 Å². The predicted molar refractivity (Wildman–Crippen MR) is 502 cm³/mol. The monoisotopic (exact) mass is 1600 g/mol. The van der Waals surface area contributed by atoms with Gasteiger partial charge in [0.2, 0.25) is 0 Å². The van der Waals surface area contributed by atoms with Gasteiger partial charge in [0.15, 0.2) is 5.58 Å². The van der Waals surface area contributed by atoms with E-state index in [4.69, 9.17) is 18.5 Å². The molecule has 6 heteroatoms. The van der Waals surface area contributed by atoms with Crippen LogP contribution in [0.25, 0.3) is 165 Å². The lowest BCUT2D eigenvalue weighted by molar-refractivity contribution is 0.451. The first kappa shape index (κ1) is 71.9. The molecule has 120 heavy (non-hydrogen) atoms. The lowest BCUT2D eigenvalue weighted by Gasteiger charge is -2.34. The van der Waals surface area contributed by atoms with Gasteiger partial charge in [-0.1, -0.05) is 416 Å². The van der Waals surface area contributed by atoms with Crippen molar-refractivity contribution in [1.29, 1.82) is 0 Å². The largest absolute Gasteiger partial charge is 0.569 e. The topological polar surface area (TPSA) is 55.7 Å². The second-order valence-corrected chi connectivity index (χ2v) is 32.0. The maximum absolute atomic E-state index is 8.67. The number of hydrogen-bond acceptors (Lipinski definition) is 4. The van der Waals surface area contributed by atoms with Crippen molar-refractivity contribution in [3.8, 4) is 83.6 Å². The highest BCUT2D eigenvalue weighted by Crippen LogP contribution is 2.59. The fourth-order valence-corrected chi connectivity index (χ4v) is 20.4. The maximum atomic E-state index is 8.67. The van der Waals surface area contributed by atoms with Crippen molar-refractivity contribution in [3.05, 3.63) is 486 Å². The van der Waals surface area contributed by atoms with E-state index in [1.165, 1.54) is 154 Å². The highest BCUT2D eigenvalue weighted by Gasteiger charge is 2.48. The second kappa shape index (κ2) is 29.8. The summed E-state index contributed by atoms with van der Waals surface area (Å²) in [6.45, 7) is 0. The molecule has 0 amide bonds. The Morgan fingerprint density at radius 2 is 0.517 bits per heavy atom. The Hall–Kier alpha value is -14.7. The molecule has 0 spiro atoms. The van der Waals surface area contributed by atoms with E-state index in [1.54, 1.807) is 6.07 Å². The highest BCUT2D eigenvalue weighted by molar-refractivity contribution is 9.10. The average molecular weight is 1600 g/mol. The van der Waals surface area contributed by atoms with Gasteiger partial charge in [0.05, 0.1) is 10.8 Å². The van der Waals surface area contributed by atoms with E-state index in [0.717, 1.165) is 53.9 Å². The average Bonchev–Trinajstić information content (AvgIpc) is 1.51. The van der Waals surface area contributed by atoms with E-state index in [1.807, 2.05) is 42.5 Å². The molecule has 563 valence electrons. The summed E-state index contributed by atoms with van der Waals surface area (Å²) in [5.74, 6) is 0.510. The van der Waals surface area contributed by atoms with Crippen LogP contribution in [0.4, 0.5) is 0 Å². The van der Waals surface area contributed by atoms with E-state index in [-0.39, 0.29) is 0 Å². The van der Waals surface area contributed by atoms with E-state index in [2.05, 4.69) is 404 Å². The molecular formula is C114H73BBrO4. The van der Waals surface area contributed by atoms with Crippen LogP contribution in [-0.2, 0) is 10.8 Å². The van der Waals surface area contributed by atoms with Crippen molar-refractivity contribution in [2.75, 3.05) is 0 Å². The standard InChI is InChI=1S/C57H36O.C45H29Br.C12H8BO3/c1-2-16-37(17-3-1)54-46-23-4-6-25-48(46)55(49-26-7-5-24-47(49)54)38-32-34-40(35-33-38)57(51-29-11-8-20-43(51)44-21-9-12-30-52(44)57)41-19-14-18-39(36-41)42-27-15-28-50-45-22-10-13-31-53(45)58-56(42)50;46-34-16-12-15-33(29-34)45(41-23-10-8-17-35(41)36-18-9-11-24-42(36)45)32-27-25-31(26-28-32)44-39-21-6-4-19-37(39)43(30-13-2-1-3-14-30)38-20-5-7-22-40(38)44;14-13-16-11-7-3-5-9-8-4-1-2-6-10(8)15-12(9)11/h1-36H;1-29H;1-7,14H. The lowest BCUT2D eigenvalue weighted by atomic mass is 9.67. The van der Waals surface area contributed by atoms with Crippen LogP contribution in [0.2, 0.25) is 0 Å². The normalized spacial score (nSPS) is 12.7. The van der Waals surface area contributed by atoms with Crippen molar-refractivity contribution in [3.63, 3.8) is 0 Å². The van der Waals surface area contributed by atoms with Crippen LogP contribution < -0.4 is 4.65 Å². The third-order valence-electron chi connectivity index (χ3n) is 24.9. The zero-order valence-corrected chi connectivity index (χ0v) is 66.8. The van der Waals surface area contributed by atoms with Crippen LogP contribution in [0.5, 0.6) is 5.75 Å². The summed E-state index contributed by atoms with van der Waals surface area (Å²) in [5.41, 5.74) is 29.9. The van der Waals surface area contributed by atoms with E-state index in [0.29, 0.717) is 19.0 Å². The molecule has 0 unspecified atom stereocenters. The summed E-state index contributed by atoms with van der Waals surface area (Å²) >= 11 is 3.80. The summed E-state index contributed by atoms with van der Waals surface area (Å²) in [4.78, 5) is 0. The van der Waals surface area contributed by atoms with Crippen molar-refractivity contribution in [2.24, 2.45) is 0 Å². The molecule has 20 aromatic carbocycles. The minimum absolute atomic E-state index is 0.434. The SMILES string of the molecule is Brc1cccc(C2(c3ccc(-c4c5ccccc5c(-c5ccccc5)c5ccccc45)cc3)c3ccccc3-c3ccccc32)c1.O[B]Oc1cccc2c1oc1ccccc12.c1ccc(-c2c3ccccc3c(-c3ccc(C4(c5cccc(-c6cccc7c6oc6ccccc67)c5)c5ccccc5-c5ccccc54)cc3)c3ccccc23)cc1. The van der Waals surface area contributed by atoms with Gasteiger partial charge in [-0.2, -0.15) is 0 Å². The Bertz CT molecular complexity index is 7550. The van der Waals surface area contributed by atoms with Crippen molar-refractivity contribution in [1.82, 2.24) is 0 Å². The fourth-order valence-electron chi connectivity index (χ4n) is 20.0. The van der Waals surface area contributed by atoms with E-state index < -0.39 is 10.8 Å². The van der Waals surface area contributed by atoms with Gasteiger partial charge in [-0.25, -0.2) is 0 Å². The van der Waals surface area contributed by atoms with E-state index in [9.17, 15) is 0 Å². The number of hydrogen-bond donors (Lipinski definition) is 1. The Morgan fingerprint density at radius 1 is 0.225 bits per heavy atom. The molecule has 0 saturated heterocycles. The van der Waals surface area contributed by atoms with Crippen LogP contribution in [0.15, 0.2) is 450 Å². The number of para-hydroxylation sites is 4. The van der Waals surface area contributed by atoms with Gasteiger partial charge in [-0.05, 0) is 196 Å². The summed E-state index contributed by atoms with van der Waals surface area (Å²) in [6.07, 6.45) is 0. The molecule has 24 rings (SSSR count). The smallest absolute Gasteiger partial charge is 0.535 e. The first-order valence-electron chi connectivity index (χ1n) is 40.8. The molecule has 0 bridgehead atoms. The van der Waals surface area contributed by atoms with Gasteiger partial charge in [0, 0.05) is 31.6 Å². The molecular weight excluding hydrogens is 1520 g/mol. The fraction of sp³-hybridized carbons (Fsp3) is 0.0175. The van der Waals surface area contributed by atoms with Gasteiger partial charge in [0.1, 0.15) is 22.5 Å². The molecule has 2 aliphatic rings. The maximum Gasteiger partial charge on any atom is 0.569 e. The number of rotatable bonds is 11. The molecule has 4 nitrogen and oxygen atoms in total. The summed E-state index contributed by atoms with van der Waals surface area (Å²) in [7, 11) is 0.655. The zero-order valence-electron chi connectivity index (χ0n) is 65.2. The predicted octanol–water partition coefficient (Wildman–Crippen LogP) is 30.2. The zero-order chi connectivity index (χ0) is 79.8. The van der Waals surface area contributed by atoms with Gasteiger partial charge in [-0.3, -0.25) is 0 Å². The molecule has 0 fully saturated rings. The van der Waals surface area contributed by atoms with Gasteiger partial charge >= 0.3 is 7.69 Å². The van der Waals surface area contributed by atoms with Gasteiger partial charge in [0.25, 0.3) is 0 Å². The van der Waals surface area contributed by atoms with Crippen LogP contribution in [-0.4, -0.2) is 12.7 Å². The van der Waals surface area contributed by atoms with Gasteiger partial charge in [-0.15, -0.1) is 0 Å². The Labute approximate surface area is 704 Å². The summed E-state index contributed by atoms with van der Waals surface area (Å²) in [6, 6.07) is 158. The minimum atomic E-state index is -0.551. The van der Waals surface area contributed by atoms with Crippen molar-refractivity contribution >= 4 is 111 Å². The molecule has 1 radical (unpaired) electrons. The first-order chi connectivity index (χ1) is 59.4. The lowest BCUT2D eigenvalue weighted by Crippen LogP contribution is -2.28. The van der Waals surface area contributed by atoms with Crippen molar-refractivity contribution in [2.45, 2.75) is 10.8 Å². The quantitative estimate of drug-likeness (QED) is 0.104. The molecule has 0 atom stereocenters. The molecule has 2 aliphatic carbocycles. The minimum Gasteiger partial charge on any atom is -0.535 e. The Morgan fingerprint density at radius 3 is 0.917 bits per heavy atom. The highest BCUT2D eigenvalue weighted by atomic mass is 79.9. The molecule has 1 N–H and O–H groups in total. The molecule has 2 aromatic heterocycles. The molecule has 2 heterocycles. The Balaban J connectivity index is 0.000000124. The van der Waals surface area contributed by atoms with Crippen LogP contribution >= 0.6 is 15.9 Å². The third kappa shape index (κ3) is 11.5. The molecule has 22 aromatic rings.